The van der Waals surface area contributed by atoms with Crippen molar-refractivity contribution in [2.75, 3.05) is 17.7 Å². The molecule has 3 nitrogen and oxygen atoms in total. The molecular weight excluding hydrogens is 288 g/mol. The first-order valence-corrected chi connectivity index (χ1v) is 7.25. The molecule has 2 rings (SSSR count). The molecule has 0 saturated heterocycles. The minimum absolute atomic E-state index is 0.685. The third-order valence-corrected chi connectivity index (χ3v) is 3.85. The van der Waals surface area contributed by atoms with E-state index in [9.17, 15) is 0 Å². The van der Waals surface area contributed by atoms with Crippen molar-refractivity contribution in [3.05, 3.63) is 18.2 Å². The van der Waals surface area contributed by atoms with E-state index in [2.05, 4.69) is 25.9 Å². The number of nitrogens with zero attached hydrogens (tertiary/aromatic N) is 1. The van der Waals surface area contributed by atoms with Crippen molar-refractivity contribution in [3.8, 4) is 5.75 Å². The molecule has 0 fully saturated rings. The second kappa shape index (κ2) is 5.59. The lowest BCUT2D eigenvalue weighted by atomic mass is 10.3. The molecule has 0 atom stereocenters. The van der Waals surface area contributed by atoms with E-state index in [0.29, 0.717) is 6.61 Å². The zero-order chi connectivity index (χ0) is 11.4. The van der Waals surface area contributed by atoms with E-state index in [-0.39, 0.29) is 0 Å². The predicted molar refractivity (Wildman–Crippen MR) is 71.8 cm³/mol. The van der Waals surface area contributed by atoms with E-state index in [1.54, 1.807) is 11.8 Å². The highest BCUT2D eigenvalue weighted by molar-refractivity contribution is 9.09. The number of aromatic nitrogens is 2. The first kappa shape index (κ1) is 11.8. The minimum atomic E-state index is 0.685. The molecule has 0 spiro atoms. The summed E-state index contributed by atoms with van der Waals surface area (Å²) in [5.74, 6) is 1.90. The number of nitrogens with one attached hydrogen (secondary N) is 1. The lowest BCUT2D eigenvalue weighted by Gasteiger charge is -2.00. The van der Waals surface area contributed by atoms with E-state index in [1.807, 2.05) is 25.1 Å². The molecule has 0 aliphatic carbocycles. The molecule has 5 heteroatoms. The Morgan fingerprint density at radius 3 is 3.12 bits per heavy atom. The summed E-state index contributed by atoms with van der Waals surface area (Å²) in [5, 5.41) is 1.93. The average Bonchev–Trinajstić information content (AvgIpc) is 2.68. The standard InChI is InChI=1S/C11H13BrN2OS/c1-2-15-8-3-4-9-10(7-8)14-11(13-9)16-6-5-12/h3-4,7H,2,5-6H2,1H3,(H,13,14). The number of hydrogen-bond donors (Lipinski definition) is 1. The molecule has 0 saturated carbocycles. The molecule has 0 amide bonds. The highest BCUT2D eigenvalue weighted by Gasteiger charge is 2.04. The van der Waals surface area contributed by atoms with Crippen LogP contribution in [0.15, 0.2) is 23.4 Å². The van der Waals surface area contributed by atoms with Crippen molar-refractivity contribution in [2.45, 2.75) is 12.1 Å². The topological polar surface area (TPSA) is 37.9 Å². The largest absolute Gasteiger partial charge is 0.494 e. The molecule has 0 bridgehead atoms. The van der Waals surface area contributed by atoms with Gasteiger partial charge in [0.2, 0.25) is 0 Å². The van der Waals surface area contributed by atoms with Crippen LogP contribution in [0.3, 0.4) is 0 Å². The fourth-order valence-corrected chi connectivity index (χ4v) is 2.53. The summed E-state index contributed by atoms with van der Waals surface area (Å²) in [7, 11) is 0. The van der Waals surface area contributed by atoms with E-state index in [0.717, 1.165) is 33.0 Å². The fourth-order valence-electron chi connectivity index (χ4n) is 1.43. The second-order valence-corrected chi connectivity index (χ2v) is 5.07. The van der Waals surface area contributed by atoms with Crippen molar-refractivity contribution in [1.29, 1.82) is 0 Å². The molecule has 1 aromatic heterocycles. The van der Waals surface area contributed by atoms with Crippen LogP contribution in [0, 0.1) is 0 Å². The Morgan fingerprint density at radius 2 is 2.38 bits per heavy atom. The maximum Gasteiger partial charge on any atom is 0.166 e. The van der Waals surface area contributed by atoms with Gasteiger partial charge in [-0.2, -0.15) is 0 Å². The van der Waals surface area contributed by atoms with E-state index in [4.69, 9.17) is 4.74 Å². The lowest BCUT2D eigenvalue weighted by Crippen LogP contribution is -1.90. The van der Waals surface area contributed by atoms with Crippen LogP contribution >= 0.6 is 27.7 Å². The van der Waals surface area contributed by atoms with Gasteiger partial charge in [0.25, 0.3) is 0 Å². The third-order valence-electron chi connectivity index (χ3n) is 2.06. The highest BCUT2D eigenvalue weighted by Crippen LogP contribution is 2.23. The van der Waals surface area contributed by atoms with Gasteiger partial charge in [0.15, 0.2) is 5.16 Å². The van der Waals surface area contributed by atoms with Gasteiger partial charge in [0.05, 0.1) is 17.6 Å². The van der Waals surface area contributed by atoms with Gasteiger partial charge in [0.1, 0.15) is 5.75 Å². The molecule has 1 N–H and O–H groups in total. The summed E-state index contributed by atoms with van der Waals surface area (Å²) in [6, 6.07) is 5.92. The van der Waals surface area contributed by atoms with Crippen molar-refractivity contribution in [3.63, 3.8) is 0 Å². The molecule has 86 valence electrons. The predicted octanol–water partition coefficient (Wildman–Crippen LogP) is 3.45. The number of benzene rings is 1. The molecule has 16 heavy (non-hydrogen) atoms. The smallest absolute Gasteiger partial charge is 0.166 e. The van der Waals surface area contributed by atoms with Crippen LogP contribution in [0.2, 0.25) is 0 Å². The summed E-state index contributed by atoms with van der Waals surface area (Å²) in [5.41, 5.74) is 2.02. The van der Waals surface area contributed by atoms with Crippen molar-refractivity contribution >= 4 is 38.7 Å². The Hall–Kier alpha value is -0.680. The Balaban J connectivity index is 2.23. The number of aromatic amines is 1. The van der Waals surface area contributed by atoms with Gasteiger partial charge >= 0.3 is 0 Å². The number of H-pyrrole nitrogens is 1. The molecule has 0 unspecified atom stereocenters. The number of thioether (sulfide) groups is 1. The van der Waals surface area contributed by atoms with Gasteiger partial charge in [-0.25, -0.2) is 4.98 Å². The van der Waals surface area contributed by atoms with Gasteiger partial charge in [-0.05, 0) is 19.1 Å². The van der Waals surface area contributed by atoms with Crippen LogP contribution in [-0.2, 0) is 0 Å². The van der Waals surface area contributed by atoms with Gasteiger partial charge in [-0.3, -0.25) is 0 Å². The van der Waals surface area contributed by atoms with Crippen LogP contribution < -0.4 is 4.74 Å². The van der Waals surface area contributed by atoms with Gasteiger partial charge in [-0.1, -0.05) is 27.7 Å². The third kappa shape index (κ3) is 2.71. The van der Waals surface area contributed by atoms with Crippen molar-refractivity contribution < 1.29 is 4.74 Å². The number of hydrogen-bond acceptors (Lipinski definition) is 3. The quantitative estimate of drug-likeness (QED) is 0.679. The molecule has 0 radical (unpaired) electrons. The zero-order valence-corrected chi connectivity index (χ0v) is 11.4. The number of alkyl halides is 1. The van der Waals surface area contributed by atoms with Crippen LogP contribution in [0.1, 0.15) is 6.92 Å². The van der Waals surface area contributed by atoms with E-state index >= 15 is 0 Å². The molecule has 1 heterocycles. The first-order chi connectivity index (χ1) is 7.83. The van der Waals surface area contributed by atoms with Crippen LogP contribution in [0.4, 0.5) is 0 Å². The van der Waals surface area contributed by atoms with Gasteiger partial charge in [0, 0.05) is 17.1 Å². The van der Waals surface area contributed by atoms with Gasteiger partial charge < -0.3 is 9.72 Å². The second-order valence-electron chi connectivity index (χ2n) is 3.19. The van der Waals surface area contributed by atoms with Crippen molar-refractivity contribution in [2.24, 2.45) is 0 Å². The summed E-state index contributed by atoms with van der Waals surface area (Å²) in [6.45, 7) is 2.67. The summed E-state index contributed by atoms with van der Waals surface area (Å²) in [4.78, 5) is 7.76. The number of imidazole rings is 1. The van der Waals surface area contributed by atoms with E-state index < -0.39 is 0 Å². The summed E-state index contributed by atoms with van der Waals surface area (Å²) >= 11 is 5.11. The fraction of sp³-hybridized carbons (Fsp3) is 0.364. The van der Waals surface area contributed by atoms with E-state index in [1.165, 1.54) is 0 Å². The SMILES string of the molecule is CCOc1ccc2nc(SCCBr)[nH]c2c1. The molecule has 0 aliphatic heterocycles. The van der Waals surface area contributed by atoms with Gasteiger partial charge in [-0.15, -0.1) is 0 Å². The Bertz CT molecular complexity index is 472. The van der Waals surface area contributed by atoms with Crippen LogP contribution in [0.5, 0.6) is 5.75 Å². The minimum Gasteiger partial charge on any atom is -0.494 e. The Morgan fingerprint density at radius 1 is 1.50 bits per heavy atom. The lowest BCUT2D eigenvalue weighted by molar-refractivity contribution is 0.340. The maximum absolute atomic E-state index is 5.44. The molecule has 1 aromatic carbocycles. The van der Waals surface area contributed by atoms with Crippen LogP contribution in [-0.4, -0.2) is 27.7 Å². The number of halogens is 1. The molecule has 2 aromatic rings. The number of ether oxygens (including phenoxy) is 1. The Labute approximate surface area is 107 Å². The monoisotopic (exact) mass is 300 g/mol. The molecular formula is C11H13BrN2OS. The number of rotatable bonds is 5. The normalized spacial score (nSPS) is 10.9. The Kier molecular flexibility index (Phi) is 4.12. The summed E-state index contributed by atoms with van der Waals surface area (Å²) in [6.07, 6.45) is 0. The zero-order valence-electron chi connectivity index (χ0n) is 9.00. The van der Waals surface area contributed by atoms with Crippen LogP contribution in [0.25, 0.3) is 11.0 Å². The number of fused-ring (bicyclic) bond motifs is 1. The van der Waals surface area contributed by atoms with Crippen molar-refractivity contribution in [1.82, 2.24) is 9.97 Å². The maximum atomic E-state index is 5.44. The highest BCUT2D eigenvalue weighted by atomic mass is 79.9. The summed E-state index contributed by atoms with van der Waals surface area (Å²) < 4.78 is 5.44. The molecule has 0 aliphatic rings. The average molecular weight is 301 g/mol. The first-order valence-electron chi connectivity index (χ1n) is 5.15.